The second-order valence-corrected chi connectivity index (χ2v) is 7.15. The zero-order valence-corrected chi connectivity index (χ0v) is 14.7. The molecule has 2 aliphatic rings. The largest absolute Gasteiger partial charge is 0.493 e. The molecular formula is C16H14F3N5O2S. The van der Waals surface area contributed by atoms with Gasteiger partial charge in [-0.15, -0.1) is 0 Å². The molecule has 2 N–H and O–H groups in total. The SMILES string of the molecule is NC(=O)c1ccc2c(c1)OCCC1=C2CN(c2ncnn2CC(F)(F)F)S1. The Balaban J connectivity index is 1.64. The van der Waals surface area contributed by atoms with Gasteiger partial charge in [0, 0.05) is 22.5 Å². The van der Waals surface area contributed by atoms with Crippen LogP contribution in [-0.2, 0) is 6.54 Å². The molecule has 0 spiro atoms. The highest BCUT2D eigenvalue weighted by atomic mass is 32.2. The van der Waals surface area contributed by atoms with Crippen molar-refractivity contribution in [3.05, 3.63) is 40.6 Å². The van der Waals surface area contributed by atoms with Crippen LogP contribution >= 0.6 is 11.9 Å². The zero-order chi connectivity index (χ0) is 19.2. The van der Waals surface area contributed by atoms with E-state index in [2.05, 4.69) is 10.1 Å². The molecule has 11 heteroatoms. The first-order valence-electron chi connectivity index (χ1n) is 8.01. The van der Waals surface area contributed by atoms with Crippen LogP contribution in [0, 0.1) is 0 Å². The summed E-state index contributed by atoms with van der Waals surface area (Å²) in [5.74, 6) is 0.125. The number of primary amides is 1. The van der Waals surface area contributed by atoms with Crippen molar-refractivity contribution in [3.8, 4) is 5.75 Å². The molecule has 3 heterocycles. The standard InChI is InChI=1S/C16H14F3N5O2S/c17-16(18,19)7-23-15(21-8-22-23)24-6-11-10-2-1-9(14(20)25)5-12(10)26-4-3-13(11)27-24/h1-2,5,8H,3-4,6-7H2,(H2,20,25). The number of rotatable bonds is 3. The van der Waals surface area contributed by atoms with Gasteiger partial charge >= 0.3 is 6.18 Å². The molecule has 1 amide bonds. The van der Waals surface area contributed by atoms with Gasteiger partial charge in [-0.05, 0) is 29.7 Å². The highest BCUT2D eigenvalue weighted by Crippen LogP contribution is 2.46. The quantitative estimate of drug-likeness (QED) is 0.802. The Morgan fingerprint density at radius 3 is 2.93 bits per heavy atom. The van der Waals surface area contributed by atoms with E-state index >= 15 is 0 Å². The fraction of sp³-hybridized carbons (Fsp3) is 0.312. The van der Waals surface area contributed by atoms with Gasteiger partial charge in [-0.25, -0.2) is 4.68 Å². The second-order valence-electron chi connectivity index (χ2n) is 6.04. The summed E-state index contributed by atoms with van der Waals surface area (Å²) in [4.78, 5) is 16.4. The molecule has 0 atom stereocenters. The number of carbonyl (C=O) groups excluding carboxylic acids is 1. The van der Waals surface area contributed by atoms with Crippen molar-refractivity contribution >= 4 is 29.4 Å². The number of carbonyl (C=O) groups is 1. The first-order chi connectivity index (χ1) is 12.8. The molecule has 2 aromatic rings. The molecule has 1 aromatic carbocycles. The molecule has 27 heavy (non-hydrogen) atoms. The number of amides is 1. The molecule has 2 aliphatic heterocycles. The molecule has 0 aliphatic carbocycles. The van der Waals surface area contributed by atoms with Crippen LogP contribution in [0.1, 0.15) is 22.3 Å². The predicted octanol–water partition coefficient (Wildman–Crippen LogP) is 2.60. The van der Waals surface area contributed by atoms with E-state index in [0.29, 0.717) is 30.9 Å². The summed E-state index contributed by atoms with van der Waals surface area (Å²) in [6.45, 7) is -0.460. The van der Waals surface area contributed by atoms with Gasteiger partial charge in [-0.3, -0.25) is 9.10 Å². The van der Waals surface area contributed by atoms with Crippen LogP contribution in [0.2, 0.25) is 0 Å². The molecule has 0 saturated carbocycles. The van der Waals surface area contributed by atoms with E-state index in [1.165, 1.54) is 11.9 Å². The average molecular weight is 397 g/mol. The monoisotopic (exact) mass is 397 g/mol. The summed E-state index contributed by atoms with van der Waals surface area (Å²) >= 11 is 1.33. The van der Waals surface area contributed by atoms with E-state index in [9.17, 15) is 18.0 Å². The van der Waals surface area contributed by atoms with E-state index < -0.39 is 18.6 Å². The zero-order valence-electron chi connectivity index (χ0n) is 13.9. The number of benzene rings is 1. The number of hydrogen-bond donors (Lipinski definition) is 1. The van der Waals surface area contributed by atoms with Gasteiger partial charge in [0.25, 0.3) is 0 Å². The summed E-state index contributed by atoms with van der Waals surface area (Å²) in [5, 5.41) is 3.69. The lowest BCUT2D eigenvalue weighted by atomic mass is 10.0. The van der Waals surface area contributed by atoms with Gasteiger partial charge < -0.3 is 10.5 Å². The maximum atomic E-state index is 12.8. The second kappa shape index (κ2) is 6.48. The number of alkyl halides is 3. The summed E-state index contributed by atoms with van der Waals surface area (Å²) in [5.41, 5.74) is 7.39. The number of halogens is 3. The van der Waals surface area contributed by atoms with Gasteiger partial charge in [-0.2, -0.15) is 23.3 Å². The molecule has 0 fully saturated rings. The number of fused-ring (bicyclic) bond motifs is 2. The Labute approximate surface area is 156 Å². The molecule has 142 valence electrons. The van der Waals surface area contributed by atoms with Crippen molar-refractivity contribution in [2.24, 2.45) is 5.73 Å². The minimum Gasteiger partial charge on any atom is -0.493 e. The lowest BCUT2D eigenvalue weighted by Gasteiger charge is -2.19. The van der Waals surface area contributed by atoms with Crippen molar-refractivity contribution in [3.63, 3.8) is 0 Å². The number of hydrogen-bond acceptors (Lipinski definition) is 6. The Kier molecular flexibility index (Phi) is 4.25. The van der Waals surface area contributed by atoms with Gasteiger partial charge in [-0.1, -0.05) is 6.07 Å². The van der Waals surface area contributed by atoms with E-state index in [4.69, 9.17) is 10.5 Å². The van der Waals surface area contributed by atoms with Gasteiger partial charge in [0.15, 0.2) is 0 Å². The molecule has 4 rings (SSSR count). The number of ether oxygens (including phenoxy) is 1. The molecule has 0 saturated heterocycles. The first kappa shape index (κ1) is 17.7. The van der Waals surface area contributed by atoms with Gasteiger partial charge in [0.05, 0.1) is 13.2 Å². The Bertz CT molecular complexity index is 940. The number of anilines is 1. The van der Waals surface area contributed by atoms with Crippen LogP contribution in [0.25, 0.3) is 5.57 Å². The lowest BCUT2D eigenvalue weighted by molar-refractivity contribution is -0.142. The number of nitrogens with two attached hydrogens (primary N) is 1. The summed E-state index contributed by atoms with van der Waals surface area (Å²) in [6.07, 6.45) is -2.67. The van der Waals surface area contributed by atoms with E-state index in [1.54, 1.807) is 22.5 Å². The minimum atomic E-state index is -4.39. The van der Waals surface area contributed by atoms with E-state index in [1.807, 2.05) is 0 Å². The molecule has 0 bridgehead atoms. The van der Waals surface area contributed by atoms with Crippen LogP contribution in [0.4, 0.5) is 19.1 Å². The fourth-order valence-corrected chi connectivity index (χ4v) is 4.17. The number of aromatic nitrogens is 3. The van der Waals surface area contributed by atoms with Gasteiger partial charge in [0.1, 0.15) is 18.6 Å². The summed E-state index contributed by atoms with van der Waals surface area (Å²) in [7, 11) is 0. The van der Waals surface area contributed by atoms with Crippen molar-refractivity contribution < 1.29 is 22.7 Å². The third-order valence-corrected chi connectivity index (χ3v) is 5.37. The first-order valence-corrected chi connectivity index (χ1v) is 8.78. The Morgan fingerprint density at radius 2 is 2.19 bits per heavy atom. The summed E-state index contributed by atoms with van der Waals surface area (Å²) < 4.78 is 46.5. The van der Waals surface area contributed by atoms with Crippen molar-refractivity contribution in [2.75, 3.05) is 17.5 Å². The average Bonchev–Trinajstić information content (AvgIpc) is 3.16. The van der Waals surface area contributed by atoms with E-state index in [0.717, 1.165) is 27.1 Å². The highest BCUT2D eigenvalue weighted by molar-refractivity contribution is 8.04. The van der Waals surface area contributed by atoms with Crippen LogP contribution in [0.5, 0.6) is 5.75 Å². The van der Waals surface area contributed by atoms with Crippen LogP contribution in [0.15, 0.2) is 29.4 Å². The topological polar surface area (TPSA) is 86.3 Å². The predicted molar refractivity (Wildman–Crippen MR) is 93.0 cm³/mol. The molecule has 7 nitrogen and oxygen atoms in total. The molecule has 0 unspecified atom stereocenters. The van der Waals surface area contributed by atoms with Crippen LogP contribution < -0.4 is 14.8 Å². The van der Waals surface area contributed by atoms with Gasteiger partial charge in [0.2, 0.25) is 11.9 Å². The molecular weight excluding hydrogens is 383 g/mol. The molecule has 0 radical (unpaired) electrons. The normalized spacial score (nSPS) is 16.6. The lowest BCUT2D eigenvalue weighted by Crippen LogP contribution is -2.24. The third-order valence-electron chi connectivity index (χ3n) is 4.18. The van der Waals surface area contributed by atoms with Crippen molar-refractivity contribution in [1.29, 1.82) is 0 Å². The third kappa shape index (κ3) is 3.46. The van der Waals surface area contributed by atoms with Crippen molar-refractivity contribution in [1.82, 2.24) is 14.8 Å². The fourth-order valence-electron chi connectivity index (χ4n) is 3.03. The highest BCUT2D eigenvalue weighted by Gasteiger charge is 2.34. The Morgan fingerprint density at radius 1 is 1.37 bits per heavy atom. The van der Waals surface area contributed by atoms with Crippen molar-refractivity contribution in [2.45, 2.75) is 19.1 Å². The maximum Gasteiger partial charge on any atom is 0.408 e. The smallest absolute Gasteiger partial charge is 0.408 e. The summed E-state index contributed by atoms with van der Waals surface area (Å²) in [6, 6.07) is 4.95. The van der Waals surface area contributed by atoms with Crippen LogP contribution in [-0.4, -0.2) is 40.0 Å². The Hall–Kier alpha value is -2.69. The van der Waals surface area contributed by atoms with Crippen LogP contribution in [0.3, 0.4) is 0 Å². The number of nitrogens with zero attached hydrogens (tertiary/aromatic N) is 4. The maximum absolute atomic E-state index is 12.8. The minimum absolute atomic E-state index is 0.140. The molecule has 1 aromatic heterocycles. The van der Waals surface area contributed by atoms with E-state index in [-0.39, 0.29) is 5.95 Å².